The van der Waals surface area contributed by atoms with E-state index in [1.54, 1.807) is 0 Å². The van der Waals surface area contributed by atoms with Crippen LogP contribution in [-0.2, 0) is 9.59 Å². The molecule has 1 aromatic rings. The van der Waals surface area contributed by atoms with Crippen LogP contribution >= 0.6 is 0 Å². The molecule has 0 aromatic heterocycles. The molecule has 0 bridgehead atoms. The Kier molecular flexibility index (Phi) is 3.40. The molecule has 2 fully saturated rings. The van der Waals surface area contributed by atoms with Gasteiger partial charge in [-0.1, -0.05) is 24.1 Å². The molecule has 4 heteroatoms. The highest BCUT2D eigenvalue weighted by Gasteiger charge is 2.49. The molecule has 4 nitrogen and oxygen atoms in total. The second kappa shape index (κ2) is 5.10. The van der Waals surface area contributed by atoms with Gasteiger partial charge in [0, 0.05) is 5.56 Å². The van der Waals surface area contributed by atoms with E-state index < -0.39 is 0 Å². The summed E-state index contributed by atoms with van der Waals surface area (Å²) in [7, 11) is 0. The molecule has 1 aromatic carbocycles. The Morgan fingerprint density at radius 2 is 1.76 bits per heavy atom. The lowest BCUT2D eigenvalue weighted by Crippen LogP contribution is -2.36. The maximum absolute atomic E-state index is 12.4. The highest BCUT2D eigenvalue weighted by molar-refractivity contribution is 6.10. The number of fused-ring (bicyclic) bond motifs is 1. The quantitative estimate of drug-likeness (QED) is 0.632. The predicted molar refractivity (Wildman–Crippen MR) is 77.8 cm³/mol. The number of imide groups is 1. The van der Waals surface area contributed by atoms with Crippen LogP contribution in [0.15, 0.2) is 18.2 Å². The van der Waals surface area contributed by atoms with Crippen LogP contribution in [0.25, 0.3) is 0 Å². The summed E-state index contributed by atoms with van der Waals surface area (Å²) in [6.07, 6.45) is 2.50. The minimum atomic E-state index is -0.177. The molecule has 1 aliphatic carbocycles. The molecule has 1 saturated carbocycles. The van der Waals surface area contributed by atoms with Crippen LogP contribution in [0.3, 0.4) is 0 Å². The number of nitrogens with zero attached hydrogens (tertiary/aromatic N) is 1. The predicted octanol–water partition coefficient (Wildman–Crippen LogP) is 2.27. The number of likely N-dealkylation sites (tertiary alicyclic amines) is 1. The molecule has 2 unspecified atom stereocenters. The summed E-state index contributed by atoms with van der Waals surface area (Å²) in [6, 6.07) is 5.66. The van der Waals surface area contributed by atoms with Gasteiger partial charge in [0.25, 0.3) is 0 Å². The number of hydrogen-bond donors (Lipinski definition) is 0. The SMILES string of the molecule is Cc1ccc(C)c(C(=O)CN2C(=O)C3CCCC3C2=O)c1. The van der Waals surface area contributed by atoms with Gasteiger partial charge in [0.1, 0.15) is 0 Å². The molecule has 3 rings (SSSR count). The summed E-state index contributed by atoms with van der Waals surface area (Å²) in [5.74, 6) is -0.812. The lowest BCUT2D eigenvalue weighted by atomic mass is 10.00. The fourth-order valence-corrected chi connectivity index (χ4v) is 3.48. The highest BCUT2D eigenvalue weighted by atomic mass is 16.2. The first-order valence-electron chi connectivity index (χ1n) is 7.44. The third-order valence-electron chi connectivity index (χ3n) is 4.68. The number of ketones is 1. The van der Waals surface area contributed by atoms with E-state index in [-0.39, 0.29) is 36.0 Å². The zero-order chi connectivity index (χ0) is 15.1. The summed E-state index contributed by atoms with van der Waals surface area (Å²) in [6.45, 7) is 3.68. The molecular weight excluding hydrogens is 266 g/mol. The monoisotopic (exact) mass is 285 g/mol. The lowest BCUT2D eigenvalue weighted by molar-refractivity contribution is -0.139. The van der Waals surface area contributed by atoms with E-state index in [2.05, 4.69) is 0 Å². The van der Waals surface area contributed by atoms with Crippen molar-refractivity contribution in [3.63, 3.8) is 0 Å². The molecule has 1 heterocycles. The van der Waals surface area contributed by atoms with Gasteiger partial charge in [-0.05, 0) is 38.3 Å². The maximum Gasteiger partial charge on any atom is 0.233 e. The summed E-state index contributed by atoms with van der Waals surface area (Å²) in [5, 5.41) is 0. The van der Waals surface area contributed by atoms with E-state index in [1.807, 2.05) is 32.0 Å². The highest BCUT2D eigenvalue weighted by Crippen LogP contribution is 2.39. The van der Waals surface area contributed by atoms with Gasteiger partial charge in [0.2, 0.25) is 11.8 Å². The van der Waals surface area contributed by atoms with Crippen molar-refractivity contribution < 1.29 is 14.4 Å². The number of hydrogen-bond acceptors (Lipinski definition) is 3. The molecule has 110 valence electrons. The van der Waals surface area contributed by atoms with Crippen molar-refractivity contribution >= 4 is 17.6 Å². The first kappa shape index (κ1) is 14.0. The minimum Gasteiger partial charge on any atom is -0.292 e. The number of Topliss-reactive ketones (excluding diaryl/α,β-unsaturated/α-hetero) is 1. The van der Waals surface area contributed by atoms with Crippen LogP contribution in [0.4, 0.5) is 0 Å². The Hall–Kier alpha value is -1.97. The van der Waals surface area contributed by atoms with E-state index >= 15 is 0 Å². The largest absolute Gasteiger partial charge is 0.292 e. The summed E-state index contributed by atoms with van der Waals surface area (Å²) in [4.78, 5) is 38.2. The van der Waals surface area contributed by atoms with Crippen LogP contribution in [0.5, 0.6) is 0 Å². The average molecular weight is 285 g/mol. The van der Waals surface area contributed by atoms with Gasteiger partial charge in [0.15, 0.2) is 5.78 Å². The zero-order valence-corrected chi connectivity index (χ0v) is 12.4. The Morgan fingerprint density at radius 3 is 2.38 bits per heavy atom. The molecule has 21 heavy (non-hydrogen) atoms. The normalized spacial score (nSPS) is 24.6. The van der Waals surface area contributed by atoms with Gasteiger partial charge < -0.3 is 0 Å². The molecule has 2 amide bonds. The van der Waals surface area contributed by atoms with E-state index in [9.17, 15) is 14.4 Å². The average Bonchev–Trinajstić information content (AvgIpc) is 3.01. The summed E-state index contributed by atoms with van der Waals surface area (Å²) >= 11 is 0. The Balaban J connectivity index is 1.80. The van der Waals surface area contributed by atoms with Crippen molar-refractivity contribution in [2.24, 2.45) is 11.8 Å². The van der Waals surface area contributed by atoms with Gasteiger partial charge in [0.05, 0.1) is 18.4 Å². The fourth-order valence-electron chi connectivity index (χ4n) is 3.48. The van der Waals surface area contributed by atoms with Gasteiger partial charge in [-0.3, -0.25) is 19.3 Å². The van der Waals surface area contributed by atoms with Crippen molar-refractivity contribution in [1.82, 2.24) is 4.90 Å². The molecule has 2 atom stereocenters. The van der Waals surface area contributed by atoms with Crippen molar-refractivity contribution in [3.8, 4) is 0 Å². The molecular formula is C17H19NO3. The van der Waals surface area contributed by atoms with E-state index in [4.69, 9.17) is 0 Å². The van der Waals surface area contributed by atoms with Gasteiger partial charge in [-0.2, -0.15) is 0 Å². The van der Waals surface area contributed by atoms with E-state index in [1.165, 1.54) is 4.90 Å². The van der Waals surface area contributed by atoms with Gasteiger partial charge in [-0.15, -0.1) is 0 Å². The van der Waals surface area contributed by atoms with Crippen molar-refractivity contribution in [3.05, 3.63) is 34.9 Å². The number of aryl methyl sites for hydroxylation is 2. The third kappa shape index (κ3) is 2.28. The van der Waals surface area contributed by atoms with Crippen LogP contribution < -0.4 is 0 Å². The van der Waals surface area contributed by atoms with Crippen LogP contribution in [0.2, 0.25) is 0 Å². The Morgan fingerprint density at radius 1 is 1.14 bits per heavy atom. The van der Waals surface area contributed by atoms with E-state index in [0.29, 0.717) is 5.56 Å². The number of benzene rings is 1. The molecule has 0 radical (unpaired) electrons. The van der Waals surface area contributed by atoms with Crippen molar-refractivity contribution in [1.29, 1.82) is 0 Å². The maximum atomic E-state index is 12.4. The van der Waals surface area contributed by atoms with Crippen LogP contribution in [-0.4, -0.2) is 29.0 Å². The molecule has 1 saturated heterocycles. The standard InChI is InChI=1S/C17H19NO3/c1-10-6-7-11(2)14(8-10)15(19)9-18-16(20)12-4-3-5-13(12)17(18)21/h6-8,12-13H,3-5,9H2,1-2H3. The first-order valence-corrected chi connectivity index (χ1v) is 7.44. The fraction of sp³-hybridized carbons (Fsp3) is 0.471. The lowest BCUT2D eigenvalue weighted by Gasteiger charge is -2.16. The van der Waals surface area contributed by atoms with Gasteiger partial charge >= 0.3 is 0 Å². The van der Waals surface area contributed by atoms with Crippen molar-refractivity contribution in [2.75, 3.05) is 6.54 Å². The number of carbonyl (C=O) groups excluding carboxylic acids is 3. The second-order valence-corrected chi connectivity index (χ2v) is 6.15. The number of rotatable bonds is 3. The van der Waals surface area contributed by atoms with E-state index in [0.717, 1.165) is 30.4 Å². The molecule has 0 spiro atoms. The third-order valence-corrected chi connectivity index (χ3v) is 4.68. The smallest absolute Gasteiger partial charge is 0.233 e. The summed E-state index contributed by atoms with van der Waals surface area (Å²) < 4.78 is 0. The van der Waals surface area contributed by atoms with Crippen molar-refractivity contribution in [2.45, 2.75) is 33.1 Å². The Labute approximate surface area is 124 Å². The topological polar surface area (TPSA) is 54.5 Å². The first-order chi connectivity index (χ1) is 9.99. The molecule has 1 aliphatic heterocycles. The number of carbonyl (C=O) groups is 3. The number of amides is 2. The Bertz CT molecular complexity index is 613. The molecule has 0 N–H and O–H groups in total. The van der Waals surface area contributed by atoms with Gasteiger partial charge in [-0.25, -0.2) is 0 Å². The molecule has 2 aliphatic rings. The van der Waals surface area contributed by atoms with Crippen LogP contribution in [0, 0.1) is 25.7 Å². The minimum absolute atomic E-state index is 0.116. The van der Waals surface area contributed by atoms with Crippen LogP contribution in [0.1, 0.15) is 40.7 Å². The zero-order valence-electron chi connectivity index (χ0n) is 12.4. The summed E-state index contributed by atoms with van der Waals surface area (Å²) in [5.41, 5.74) is 2.48. The second-order valence-electron chi connectivity index (χ2n) is 6.15.